The van der Waals surface area contributed by atoms with Gasteiger partial charge in [0, 0.05) is 12.5 Å². The van der Waals surface area contributed by atoms with E-state index in [-0.39, 0.29) is 11.9 Å². The molecule has 162 valence electrons. The van der Waals surface area contributed by atoms with E-state index >= 15 is 0 Å². The van der Waals surface area contributed by atoms with Gasteiger partial charge in [0.15, 0.2) is 5.82 Å². The zero-order valence-corrected chi connectivity index (χ0v) is 18.6. The van der Waals surface area contributed by atoms with Crippen molar-refractivity contribution in [2.24, 2.45) is 17.8 Å². The first-order valence-electron chi connectivity index (χ1n) is 11.2. The first-order valence-corrected chi connectivity index (χ1v) is 12.1. The van der Waals surface area contributed by atoms with E-state index in [1.54, 1.807) is 0 Å². The van der Waals surface area contributed by atoms with Crippen molar-refractivity contribution in [3.05, 3.63) is 53.9 Å². The first kappa shape index (κ1) is 20.4. The Labute approximate surface area is 187 Å². The van der Waals surface area contributed by atoms with Crippen LogP contribution >= 0.6 is 11.8 Å². The highest BCUT2D eigenvalue weighted by molar-refractivity contribution is 7.99. The third-order valence-corrected chi connectivity index (χ3v) is 8.06. The molecule has 2 aliphatic rings. The van der Waals surface area contributed by atoms with Crippen LogP contribution in [0.25, 0.3) is 10.8 Å². The van der Waals surface area contributed by atoms with Crippen LogP contribution in [0, 0.1) is 17.8 Å². The van der Waals surface area contributed by atoms with Crippen molar-refractivity contribution in [2.75, 3.05) is 11.6 Å². The van der Waals surface area contributed by atoms with E-state index in [2.05, 4.69) is 46.7 Å². The van der Waals surface area contributed by atoms with Gasteiger partial charge in [0.1, 0.15) is 0 Å². The molecule has 1 amide bonds. The van der Waals surface area contributed by atoms with Crippen LogP contribution < -0.4 is 11.2 Å². The predicted octanol–water partition coefficient (Wildman–Crippen LogP) is 3.77. The third kappa shape index (κ3) is 4.15. The Kier molecular flexibility index (Phi) is 5.61. The van der Waals surface area contributed by atoms with Gasteiger partial charge in [-0.3, -0.25) is 4.79 Å². The number of amides is 1. The van der Waals surface area contributed by atoms with Crippen molar-refractivity contribution in [2.45, 2.75) is 50.2 Å². The Morgan fingerprint density at radius 2 is 2.03 bits per heavy atom. The minimum Gasteiger partial charge on any atom is -0.353 e. The van der Waals surface area contributed by atoms with E-state index < -0.39 is 0 Å². The summed E-state index contributed by atoms with van der Waals surface area (Å²) in [5, 5.41) is 14.7. The predicted molar refractivity (Wildman–Crippen MR) is 124 cm³/mol. The van der Waals surface area contributed by atoms with E-state index in [9.17, 15) is 4.79 Å². The van der Waals surface area contributed by atoms with E-state index in [0.717, 1.165) is 17.4 Å². The minimum absolute atomic E-state index is 0.0406. The molecule has 31 heavy (non-hydrogen) atoms. The number of nitrogens with two attached hydrogens (primary N) is 1. The number of benzene rings is 2. The Hall–Kier alpha value is -2.54. The number of aromatic nitrogens is 3. The van der Waals surface area contributed by atoms with Crippen LogP contribution in [-0.2, 0) is 11.2 Å². The lowest BCUT2D eigenvalue weighted by Crippen LogP contribution is -2.41. The highest BCUT2D eigenvalue weighted by Crippen LogP contribution is 2.49. The second-order valence-corrected chi connectivity index (χ2v) is 10.0. The summed E-state index contributed by atoms with van der Waals surface area (Å²) in [5.41, 5.74) is 1.16. The molecular weight excluding hydrogens is 406 g/mol. The lowest BCUT2D eigenvalue weighted by atomic mass is 9.84. The fourth-order valence-electron chi connectivity index (χ4n) is 5.58. The average molecular weight is 436 g/mol. The molecule has 3 aromatic rings. The van der Waals surface area contributed by atoms with Gasteiger partial charge in [0.2, 0.25) is 11.1 Å². The van der Waals surface area contributed by atoms with Crippen molar-refractivity contribution in [3.63, 3.8) is 0 Å². The van der Waals surface area contributed by atoms with Gasteiger partial charge in [-0.2, -0.15) is 0 Å². The molecule has 4 atom stereocenters. The maximum absolute atomic E-state index is 12.5. The van der Waals surface area contributed by atoms with Gasteiger partial charge in [-0.1, -0.05) is 60.6 Å². The number of rotatable bonds is 7. The van der Waals surface area contributed by atoms with Crippen molar-refractivity contribution in [3.8, 4) is 0 Å². The van der Waals surface area contributed by atoms with Gasteiger partial charge in [-0.15, -0.1) is 10.2 Å². The van der Waals surface area contributed by atoms with Crippen LogP contribution in [0.15, 0.2) is 47.6 Å². The highest BCUT2D eigenvalue weighted by Gasteiger charge is 2.42. The summed E-state index contributed by atoms with van der Waals surface area (Å²) in [6.45, 7) is 2.15. The number of thioether (sulfide) groups is 1. The molecule has 2 saturated carbocycles. The molecule has 0 spiro atoms. The lowest BCUT2D eigenvalue weighted by Gasteiger charge is -2.28. The van der Waals surface area contributed by atoms with Crippen LogP contribution in [0.2, 0.25) is 0 Å². The molecule has 2 aliphatic carbocycles. The molecule has 1 aromatic heterocycles. The molecule has 1 heterocycles. The Bertz CT molecular complexity index is 1090. The maximum atomic E-state index is 12.5. The molecule has 0 aliphatic heterocycles. The topological polar surface area (TPSA) is 85.8 Å². The smallest absolute Gasteiger partial charge is 0.230 e. The zero-order chi connectivity index (χ0) is 21.4. The number of fused-ring (bicyclic) bond motifs is 3. The summed E-state index contributed by atoms with van der Waals surface area (Å²) < 4.78 is 1.51. The number of nitrogen functional groups attached to an aromatic ring is 1. The summed E-state index contributed by atoms with van der Waals surface area (Å²) in [4.78, 5) is 12.5. The molecule has 3 N–H and O–H groups in total. The van der Waals surface area contributed by atoms with E-state index in [0.29, 0.717) is 29.1 Å². The van der Waals surface area contributed by atoms with Gasteiger partial charge in [0.05, 0.1) is 5.75 Å². The third-order valence-electron chi connectivity index (χ3n) is 7.12. The van der Waals surface area contributed by atoms with Crippen molar-refractivity contribution >= 4 is 28.4 Å². The number of hydrogen-bond donors (Lipinski definition) is 2. The van der Waals surface area contributed by atoms with E-state index in [1.165, 1.54) is 52.9 Å². The summed E-state index contributed by atoms with van der Waals surface area (Å²) in [7, 11) is 0. The molecule has 5 rings (SSSR count). The highest BCUT2D eigenvalue weighted by atomic mass is 32.2. The largest absolute Gasteiger partial charge is 0.353 e. The van der Waals surface area contributed by atoms with Gasteiger partial charge >= 0.3 is 0 Å². The summed E-state index contributed by atoms with van der Waals surface area (Å²) in [6.07, 6.45) is 5.94. The second kappa shape index (κ2) is 8.54. The quantitative estimate of drug-likeness (QED) is 0.436. The Morgan fingerprint density at radius 1 is 1.19 bits per heavy atom. The molecule has 2 fully saturated rings. The van der Waals surface area contributed by atoms with Crippen LogP contribution in [0.3, 0.4) is 0 Å². The number of nitrogens with zero attached hydrogens (tertiary/aromatic N) is 3. The minimum atomic E-state index is 0.0406. The van der Waals surface area contributed by atoms with Crippen LogP contribution in [0.5, 0.6) is 0 Å². The lowest BCUT2D eigenvalue weighted by molar-refractivity contribution is -0.119. The number of nitrogens with one attached hydrogen (secondary N) is 1. The Balaban J connectivity index is 1.19. The van der Waals surface area contributed by atoms with Gasteiger partial charge in [-0.25, -0.2) is 4.68 Å². The van der Waals surface area contributed by atoms with Crippen LogP contribution in [0.4, 0.5) is 0 Å². The molecule has 0 saturated heterocycles. The molecule has 6 nitrogen and oxygen atoms in total. The maximum Gasteiger partial charge on any atom is 0.230 e. The van der Waals surface area contributed by atoms with Gasteiger partial charge < -0.3 is 11.2 Å². The SMILES string of the molecule is C[C@H](NC(=O)CSc1nnc(Cc2cccc3ccccc23)n1N)[C@@H]1C[C@@H]2CC[C@@H]1C2. The van der Waals surface area contributed by atoms with E-state index in [1.807, 2.05) is 18.2 Å². The average Bonchev–Trinajstić information content (AvgIpc) is 3.50. The fourth-order valence-corrected chi connectivity index (χ4v) is 6.27. The van der Waals surface area contributed by atoms with Gasteiger partial charge in [0.25, 0.3) is 0 Å². The van der Waals surface area contributed by atoms with Crippen LogP contribution in [-0.4, -0.2) is 32.6 Å². The second-order valence-electron chi connectivity index (χ2n) is 9.07. The Morgan fingerprint density at radius 3 is 2.84 bits per heavy atom. The molecule has 0 unspecified atom stereocenters. The number of carbonyl (C=O) groups excluding carboxylic acids is 1. The zero-order valence-electron chi connectivity index (χ0n) is 17.8. The summed E-state index contributed by atoms with van der Waals surface area (Å²) >= 11 is 1.34. The van der Waals surface area contributed by atoms with Crippen LogP contribution in [0.1, 0.15) is 44.0 Å². The molecule has 0 radical (unpaired) electrons. The molecule has 2 bridgehead atoms. The van der Waals surface area contributed by atoms with Crippen molar-refractivity contribution < 1.29 is 4.79 Å². The summed E-state index contributed by atoms with van der Waals surface area (Å²) in [5.74, 6) is 9.62. The number of carbonyl (C=O) groups is 1. The molecule has 2 aromatic carbocycles. The normalized spacial score (nSPS) is 23.3. The summed E-state index contributed by atoms with van der Waals surface area (Å²) in [6, 6.07) is 14.8. The van der Waals surface area contributed by atoms with Gasteiger partial charge in [-0.05, 0) is 60.3 Å². The van der Waals surface area contributed by atoms with E-state index in [4.69, 9.17) is 5.84 Å². The first-order chi connectivity index (χ1) is 15.1. The van der Waals surface area contributed by atoms with Crippen molar-refractivity contribution in [1.29, 1.82) is 0 Å². The number of hydrogen-bond acceptors (Lipinski definition) is 5. The fraction of sp³-hybridized carbons (Fsp3) is 0.458. The van der Waals surface area contributed by atoms with Crippen molar-refractivity contribution in [1.82, 2.24) is 20.2 Å². The monoisotopic (exact) mass is 435 g/mol. The molecule has 7 heteroatoms. The standard InChI is InChI=1S/C24H29N5OS/c1-15(21-12-16-9-10-19(21)11-16)26-23(30)14-31-24-28-27-22(29(24)25)13-18-7-4-6-17-5-2-3-8-20(17)18/h2-8,15-16,19,21H,9-14,25H2,1H3,(H,26,30)/t15-,16+,19+,21-/m0/s1. The molecular formula is C24H29N5OS.